The van der Waals surface area contributed by atoms with Crippen LogP contribution in [-0.4, -0.2) is 37.0 Å². The molecule has 28 heavy (non-hydrogen) atoms. The van der Waals surface area contributed by atoms with Gasteiger partial charge in [0.15, 0.2) is 11.5 Å². The van der Waals surface area contributed by atoms with Crippen LogP contribution in [0.4, 0.5) is 0 Å². The van der Waals surface area contributed by atoms with Crippen LogP contribution in [0, 0.1) is 0 Å². The molecule has 2 aliphatic heterocycles. The highest BCUT2D eigenvalue weighted by Crippen LogP contribution is 2.33. The normalized spacial score (nSPS) is 17.0. The van der Waals surface area contributed by atoms with E-state index in [-0.39, 0.29) is 31.6 Å². The van der Waals surface area contributed by atoms with Gasteiger partial charge < -0.3 is 29.4 Å². The number of oxime groups is 1. The van der Waals surface area contributed by atoms with E-state index in [1.54, 1.807) is 24.5 Å². The quantitative estimate of drug-likeness (QED) is 0.744. The van der Waals surface area contributed by atoms with Crippen molar-refractivity contribution in [2.24, 2.45) is 5.16 Å². The molecule has 146 valence electrons. The van der Waals surface area contributed by atoms with Crippen LogP contribution in [0.25, 0.3) is 0 Å². The third-order valence-electron chi connectivity index (χ3n) is 4.36. The van der Waals surface area contributed by atoms with Crippen LogP contribution >= 0.6 is 0 Å². The Bertz CT molecular complexity index is 893. The second-order valence-corrected chi connectivity index (χ2v) is 6.30. The summed E-state index contributed by atoms with van der Waals surface area (Å²) in [6.45, 7) is 0.724. The summed E-state index contributed by atoms with van der Waals surface area (Å²) in [5.41, 5.74) is 1.48. The molecule has 1 aromatic heterocycles. The van der Waals surface area contributed by atoms with Gasteiger partial charge in [0.25, 0.3) is 5.91 Å². The molecular weight excluding hydrogens is 366 g/mol. The Labute approximate surface area is 160 Å². The maximum absolute atomic E-state index is 12.2. The lowest BCUT2D eigenvalue weighted by Crippen LogP contribution is -2.37. The van der Waals surface area contributed by atoms with Gasteiger partial charge in [-0.25, -0.2) is 0 Å². The van der Waals surface area contributed by atoms with Crippen molar-refractivity contribution in [3.8, 4) is 11.5 Å². The first-order valence-corrected chi connectivity index (χ1v) is 8.88. The van der Waals surface area contributed by atoms with Crippen LogP contribution in [0.2, 0.25) is 0 Å². The van der Waals surface area contributed by atoms with E-state index in [4.69, 9.17) is 18.7 Å². The van der Waals surface area contributed by atoms with E-state index in [2.05, 4.69) is 15.8 Å². The lowest BCUT2D eigenvalue weighted by Gasteiger charge is -2.09. The van der Waals surface area contributed by atoms with Crippen molar-refractivity contribution in [1.82, 2.24) is 10.6 Å². The molecule has 9 nitrogen and oxygen atoms in total. The number of nitrogens with zero attached hydrogens (tertiary/aromatic N) is 1. The molecule has 0 saturated heterocycles. The highest BCUT2D eigenvalue weighted by Gasteiger charge is 2.29. The Morgan fingerprint density at radius 1 is 1.14 bits per heavy atom. The highest BCUT2D eigenvalue weighted by atomic mass is 16.7. The summed E-state index contributed by atoms with van der Waals surface area (Å²) in [4.78, 5) is 29.3. The lowest BCUT2D eigenvalue weighted by molar-refractivity contribution is -0.131. The number of amides is 2. The molecule has 0 unspecified atom stereocenters. The second-order valence-electron chi connectivity index (χ2n) is 6.30. The minimum Gasteiger partial charge on any atom is -0.467 e. The van der Waals surface area contributed by atoms with Gasteiger partial charge in [0.2, 0.25) is 18.8 Å². The number of hydrogen-bond acceptors (Lipinski definition) is 7. The van der Waals surface area contributed by atoms with Gasteiger partial charge in [-0.1, -0.05) is 5.16 Å². The van der Waals surface area contributed by atoms with Gasteiger partial charge in [-0.05, 0) is 30.3 Å². The van der Waals surface area contributed by atoms with Crippen molar-refractivity contribution in [3.05, 3.63) is 47.9 Å². The van der Waals surface area contributed by atoms with Gasteiger partial charge in [-0.3, -0.25) is 9.59 Å². The maximum atomic E-state index is 12.2. The fraction of sp³-hybridized carbons (Fsp3) is 0.316. The number of ether oxygens (including phenoxy) is 2. The molecule has 0 saturated carbocycles. The van der Waals surface area contributed by atoms with Gasteiger partial charge in [-0.2, -0.15) is 0 Å². The van der Waals surface area contributed by atoms with Gasteiger partial charge in [0, 0.05) is 24.9 Å². The van der Waals surface area contributed by atoms with Crippen LogP contribution in [0.5, 0.6) is 11.5 Å². The van der Waals surface area contributed by atoms with Crippen molar-refractivity contribution in [2.75, 3.05) is 13.3 Å². The predicted octanol–water partition coefficient (Wildman–Crippen LogP) is 1.32. The third kappa shape index (κ3) is 4.08. The number of rotatable bonds is 7. The molecule has 0 fully saturated rings. The number of benzene rings is 1. The fourth-order valence-electron chi connectivity index (χ4n) is 2.86. The fourth-order valence-corrected chi connectivity index (χ4v) is 2.86. The molecule has 2 aliphatic rings. The summed E-state index contributed by atoms with van der Waals surface area (Å²) in [6.07, 6.45) is 1.33. The van der Waals surface area contributed by atoms with Crippen molar-refractivity contribution < 1.29 is 28.3 Å². The molecule has 4 rings (SSSR count). The number of hydrogen-bond donors (Lipinski definition) is 2. The zero-order valence-corrected chi connectivity index (χ0v) is 15.0. The monoisotopic (exact) mass is 385 g/mol. The van der Waals surface area contributed by atoms with Crippen molar-refractivity contribution in [1.29, 1.82) is 0 Å². The maximum Gasteiger partial charge on any atom is 0.264 e. The number of furan rings is 1. The Balaban J connectivity index is 1.19. The van der Waals surface area contributed by atoms with Gasteiger partial charge in [-0.15, -0.1) is 0 Å². The molecule has 0 aliphatic carbocycles. The lowest BCUT2D eigenvalue weighted by atomic mass is 10.0. The Morgan fingerprint density at radius 3 is 2.89 bits per heavy atom. The summed E-state index contributed by atoms with van der Waals surface area (Å²) in [6, 6.07) is 8.99. The minimum absolute atomic E-state index is 0.162. The topological polar surface area (TPSA) is 111 Å². The molecule has 1 aromatic carbocycles. The van der Waals surface area contributed by atoms with Gasteiger partial charge >= 0.3 is 0 Å². The highest BCUT2D eigenvalue weighted by molar-refractivity contribution is 6.04. The molecule has 0 spiro atoms. The zero-order valence-electron chi connectivity index (χ0n) is 15.0. The number of nitrogens with one attached hydrogen (secondary N) is 2. The summed E-state index contributed by atoms with van der Waals surface area (Å²) >= 11 is 0. The van der Waals surface area contributed by atoms with Gasteiger partial charge in [0.05, 0.1) is 18.5 Å². The van der Waals surface area contributed by atoms with Crippen LogP contribution in [0.15, 0.2) is 46.2 Å². The van der Waals surface area contributed by atoms with Crippen LogP contribution in [0.1, 0.15) is 24.2 Å². The molecule has 1 atom stereocenters. The average molecular weight is 385 g/mol. The largest absolute Gasteiger partial charge is 0.467 e. The summed E-state index contributed by atoms with van der Waals surface area (Å²) < 4.78 is 15.8. The molecule has 0 bridgehead atoms. The van der Waals surface area contributed by atoms with E-state index in [9.17, 15) is 9.59 Å². The molecule has 0 radical (unpaired) electrons. The van der Waals surface area contributed by atoms with Crippen molar-refractivity contribution >= 4 is 17.5 Å². The average Bonchev–Trinajstić information content (AvgIpc) is 3.47. The Hall–Kier alpha value is -3.49. The predicted molar refractivity (Wildman–Crippen MR) is 96.8 cm³/mol. The summed E-state index contributed by atoms with van der Waals surface area (Å²) in [5, 5.41) is 9.42. The number of carbonyl (C=O) groups excluding carboxylic acids is 2. The van der Waals surface area contributed by atoms with E-state index in [1.165, 1.54) is 0 Å². The number of fused-ring (bicyclic) bond motifs is 1. The molecule has 2 N–H and O–H groups in total. The van der Waals surface area contributed by atoms with E-state index < -0.39 is 6.10 Å². The Kier molecular flexibility index (Phi) is 5.14. The van der Waals surface area contributed by atoms with E-state index >= 15 is 0 Å². The third-order valence-corrected chi connectivity index (χ3v) is 4.36. The molecule has 9 heteroatoms. The molecular formula is C19H19N3O6. The SMILES string of the molecule is O=C(CCNC(=O)[C@@H]1CC(c2ccc3c(c2)OCO3)=NO1)NCc1ccco1. The van der Waals surface area contributed by atoms with Crippen molar-refractivity contribution in [3.63, 3.8) is 0 Å². The summed E-state index contributed by atoms with van der Waals surface area (Å²) in [7, 11) is 0. The second kappa shape index (κ2) is 8.03. The molecule has 3 heterocycles. The van der Waals surface area contributed by atoms with E-state index in [1.807, 2.05) is 12.1 Å². The van der Waals surface area contributed by atoms with Crippen LogP contribution < -0.4 is 20.1 Å². The first kappa shape index (κ1) is 17.9. The van der Waals surface area contributed by atoms with Crippen molar-refractivity contribution in [2.45, 2.75) is 25.5 Å². The number of carbonyl (C=O) groups is 2. The standard InChI is InChI=1S/C19H19N3O6/c23-18(21-10-13-2-1-7-25-13)5-6-20-19(24)17-9-14(22-28-17)12-3-4-15-16(8-12)27-11-26-15/h1-4,7-8,17H,5-6,9-11H2,(H,20,24)(H,21,23)/t17-/m0/s1. The summed E-state index contributed by atoms with van der Waals surface area (Å²) in [5.74, 6) is 1.51. The smallest absolute Gasteiger partial charge is 0.264 e. The first-order valence-electron chi connectivity index (χ1n) is 8.88. The van der Waals surface area contributed by atoms with Gasteiger partial charge in [0.1, 0.15) is 5.76 Å². The molecule has 2 amide bonds. The van der Waals surface area contributed by atoms with Crippen LogP contribution in [0.3, 0.4) is 0 Å². The van der Waals surface area contributed by atoms with Crippen LogP contribution in [-0.2, 0) is 21.0 Å². The Morgan fingerprint density at radius 2 is 2.04 bits per heavy atom. The van der Waals surface area contributed by atoms with E-state index in [0.29, 0.717) is 35.9 Å². The first-order chi connectivity index (χ1) is 13.7. The minimum atomic E-state index is -0.716. The van der Waals surface area contributed by atoms with E-state index in [0.717, 1.165) is 5.56 Å². The zero-order chi connectivity index (χ0) is 19.3. The molecule has 2 aromatic rings.